The Labute approximate surface area is 317 Å². The fourth-order valence-electron chi connectivity index (χ4n) is 6.65. The average Bonchev–Trinajstić information content (AvgIpc) is 3.64. The molecule has 0 radical (unpaired) electrons. The van der Waals surface area contributed by atoms with E-state index in [-0.39, 0.29) is 23.7 Å². The number of benzene rings is 3. The summed E-state index contributed by atoms with van der Waals surface area (Å²) in [6.07, 6.45) is 3.64. The molecule has 3 aromatic carbocycles. The van der Waals surface area contributed by atoms with Gasteiger partial charge >= 0.3 is 6.61 Å². The minimum Gasteiger partial charge on any atom is -0.543 e. The lowest BCUT2D eigenvalue weighted by Gasteiger charge is -2.50. The van der Waals surface area contributed by atoms with Gasteiger partial charge < -0.3 is 25.4 Å². The molecule has 0 saturated carbocycles. The van der Waals surface area contributed by atoms with Gasteiger partial charge in [-0.25, -0.2) is 9.55 Å². The highest BCUT2D eigenvalue weighted by atomic mass is 32.2. The molecule has 2 aliphatic rings. The number of halogens is 2. The first-order chi connectivity index (χ1) is 26.2. The van der Waals surface area contributed by atoms with Crippen molar-refractivity contribution < 1.29 is 37.7 Å². The normalized spacial score (nSPS) is 17.1. The standard InChI is InChI=1S/C39H32F2N6O5S2/c1-24-12-11-19-46(20-24)21-25-22-53-35-31(34(49)47(35)32(25)36(50)51)43-33(48)30(45-52-37(40)41)29-23-54-38(42-29)44-39(26-13-5-2-6-14-26,27-15-7-3-8-16-27)28-17-9-4-10-18-28/h2-20,23,31,35,37H,21-22H2,1H3,(H2-,42,43,44,48,50,51)/t31?,35-/m0/s1. The Bertz CT molecular complexity index is 2140. The quantitative estimate of drug-likeness (QED) is 0.0599. The van der Waals surface area contributed by atoms with Gasteiger partial charge in [-0.15, -0.1) is 23.1 Å². The number of thioether (sulfide) groups is 1. The molecule has 11 nitrogen and oxygen atoms in total. The van der Waals surface area contributed by atoms with Crippen molar-refractivity contribution in [3.8, 4) is 0 Å². The number of amides is 2. The molecule has 2 N–H and O–H groups in total. The summed E-state index contributed by atoms with van der Waals surface area (Å²) < 4.78 is 28.4. The van der Waals surface area contributed by atoms with Crippen molar-refractivity contribution >= 4 is 51.7 Å². The van der Waals surface area contributed by atoms with E-state index >= 15 is 0 Å². The molecule has 2 amide bonds. The number of anilines is 1. The summed E-state index contributed by atoms with van der Waals surface area (Å²) in [6.45, 7) is -1.22. The van der Waals surface area contributed by atoms with Crippen LogP contribution in [-0.4, -0.2) is 57.2 Å². The van der Waals surface area contributed by atoms with Crippen molar-refractivity contribution in [3.63, 3.8) is 0 Å². The van der Waals surface area contributed by atoms with Crippen LogP contribution in [0.15, 0.2) is 137 Å². The van der Waals surface area contributed by atoms with Gasteiger partial charge in [-0.1, -0.05) is 96.2 Å². The molecule has 0 spiro atoms. The summed E-state index contributed by atoms with van der Waals surface area (Å²) in [5, 5.41) is 22.9. The number of aryl methyl sites for hydroxylation is 1. The summed E-state index contributed by atoms with van der Waals surface area (Å²) in [5.74, 6) is -2.98. The summed E-state index contributed by atoms with van der Waals surface area (Å²) in [6, 6.07) is 31.7. The number of hydrogen-bond donors (Lipinski definition) is 2. The van der Waals surface area contributed by atoms with Crippen molar-refractivity contribution in [3.05, 3.63) is 160 Å². The number of nitrogens with one attached hydrogen (secondary N) is 2. The number of oxime groups is 1. The van der Waals surface area contributed by atoms with Crippen molar-refractivity contribution in [2.75, 3.05) is 11.1 Å². The molecule has 2 aromatic heterocycles. The number of aromatic nitrogens is 2. The van der Waals surface area contributed by atoms with Gasteiger partial charge in [0.1, 0.15) is 22.6 Å². The minimum absolute atomic E-state index is 0.0866. The van der Waals surface area contributed by atoms with Crippen molar-refractivity contribution in [2.45, 2.75) is 37.0 Å². The summed E-state index contributed by atoms with van der Waals surface area (Å²) in [5.41, 5.74) is 2.18. The molecule has 15 heteroatoms. The van der Waals surface area contributed by atoms with E-state index in [4.69, 9.17) is 0 Å². The zero-order valence-corrected chi connectivity index (χ0v) is 30.2. The lowest BCUT2D eigenvalue weighted by Crippen LogP contribution is -2.71. The average molecular weight is 767 g/mol. The van der Waals surface area contributed by atoms with Crippen LogP contribution in [0.1, 0.15) is 27.9 Å². The largest absolute Gasteiger partial charge is 0.543 e. The maximum atomic E-state index is 13.7. The van der Waals surface area contributed by atoms with Gasteiger partial charge in [0.25, 0.3) is 11.8 Å². The summed E-state index contributed by atoms with van der Waals surface area (Å²) in [4.78, 5) is 49.4. The van der Waals surface area contributed by atoms with Gasteiger partial charge in [0.05, 0.1) is 11.7 Å². The highest BCUT2D eigenvalue weighted by molar-refractivity contribution is 8.00. The lowest BCUT2D eigenvalue weighted by atomic mass is 9.77. The number of alkyl halides is 2. The second-order valence-corrected chi connectivity index (χ2v) is 14.4. The smallest absolute Gasteiger partial charge is 0.407 e. The lowest BCUT2D eigenvalue weighted by molar-refractivity contribution is -0.689. The van der Waals surface area contributed by atoms with Crippen LogP contribution in [0.5, 0.6) is 0 Å². The molecule has 274 valence electrons. The van der Waals surface area contributed by atoms with E-state index < -0.39 is 47.1 Å². The Morgan fingerprint density at radius 1 is 1.00 bits per heavy atom. The number of carbonyl (C=O) groups is 3. The number of fused-ring (bicyclic) bond motifs is 1. The monoisotopic (exact) mass is 766 g/mol. The summed E-state index contributed by atoms with van der Waals surface area (Å²) >= 11 is 2.38. The zero-order chi connectivity index (χ0) is 37.8. The molecule has 5 aromatic rings. The fraction of sp³-hybridized carbons (Fsp3) is 0.179. The maximum Gasteiger partial charge on any atom is 0.407 e. The first-order valence-corrected chi connectivity index (χ1v) is 18.7. The van der Waals surface area contributed by atoms with Gasteiger partial charge in [-0.3, -0.25) is 14.5 Å². The van der Waals surface area contributed by atoms with Crippen LogP contribution >= 0.6 is 23.1 Å². The second kappa shape index (κ2) is 15.6. The van der Waals surface area contributed by atoms with Crippen molar-refractivity contribution in [1.82, 2.24) is 15.2 Å². The molecule has 0 aliphatic carbocycles. The minimum atomic E-state index is -3.35. The van der Waals surface area contributed by atoms with Crippen LogP contribution in [0.2, 0.25) is 0 Å². The van der Waals surface area contributed by atoms with Gasteiger partial charge in [0, 0.05) is 28.3 Å². The number of rotatable bonds is 13. The van der Waals surface area contributed by atoms with Gasteiger partial charge in [-0.05, 0) is 29.7 Å². The SMILES string of the molecule is Cc1ccc[n+](CC2=C(C(=O)[O-])N3C(=O)C(NC(=O)C(=NOC(F)F)c4csc(NC(c5ccccc5)(c5ccccc5)c5ccccc5)n4)[C@@H]3SC2)c1. The van der Waals surface area contributed by atoms with Crippen LogP contribution in [0.3, 0.4) is 0 Å². The van der Waals surface area contributed by atoms with Crippen LogP contribution in [0, 0.1) is 6.92 Å². The Hall–Kier alpha value is -5.93. The number of β-lactam (4-membered cyclic amide) rings is 1. The van der Waals surface area contributed by atoms with E-state index in [9.17, 15) is 28.3 Å². The van der Waals surface area contributed by atoms with Crippen molar-refractivity contribution in [1.29, 1.82) is 0 Å². The highest BCUT2D eigenvalue weighted by Crippen LogP contribution is 2.42. The van der Waals surface area contributed by atoms with Crippen LogP contribution in [-0.2, 0) is 31.3 Å². The van der Waals surface area contributed by atoms with E-state index in [1.807, 2.05) is 121 Å². The molecular weight excluding hydrogens is 735 g/mol. The molecule has 2 aliphatic heterocycles. The number of nitrogens with zero attached hydrogens (tertiary/aromatic N) is 4. The predicted molar refractivity (Wildman–Crippen MR) is 197 cm³/mol. The van der Waals surface area contributed by atoms with Crippen LogP contribution in [0.4, 0.5) is 13.9 Å². The Morgan fingerprint density at radius 2 is 1.61 bits per heavy atom. The van der Waals surface area contributed by atoms with Crippen LogP contribution < -0.4 is 20.3 Å². The third-order valence-corrected chi connectivity index (χ3v) is 11.1. The third kappa shape index (κ3) is 7.19. The maximum absolute atomic E-state index is 13.7. The van der Waals surface area contributed by atoms with E-state index in [1.54, 1.807) is 6.20 Å². The van der Waals surface area contributed by atoms with E-state index in [2.05, 4.69) is 25.6 Å². The molecule has 0 bridgehead atoms. The number of hydrogen-bond acceptors (Lipinski definition) is 10. The number of pyridine rings is 1. The molecule has 54 heavy (non-hydrogen) atoms. The van der Waals surface area contributed by atoms with Crippen LogP contribution in [0.25, 0.3) is 0 Å². The number of carboxylic acid groups (broad SMARTS) is 1. The first-order valence-electron chi connectivity index (χ1n) is 16.7. The number of carbonyl (C=O) groups excluding carboxylic acids is 3. The molecule has 2 atom stereocenters. The van der Waals surface area contributed by atoms with Gasteiger partial charge in [-0.2, -0.15) is 8.78 Å². The van der Waals surface area contributed by atoms with Gasteiger partial charge in [0.2, 0.25) is 0 Å². The Kier molecular flexibility index (Phi) is 10.5. The van der Waals surface area contributed by atoms with Crippen molar-refractivity contribution in [2.24, 2.45) is 5.16 Å². The summed E-state index contributed by atoms with van der Waals surface area (Å²) in [7, 11) is 0. The second-order valence-electron chi connectivity index (χ2n) is 12.5. The zero-order valence-electron chi connectivity index (χ0n) is 28.6. The first kappa shape index (κ1) is 36.4. The van der Waals surface area contributed by atoms with E-state index in [0.717, 1.165) is 38.5 Å². The number of carboxylic acids is 1. The van der Waals surface area contributed by atoms with E-state index in [0.29, 0.717) is 10.7 Å². The third-order valence-electron chi connectivity index (χ3n) is 9.01. The molecule has 1 unspecified atom stereocenters. The fourth-order valence-corrected chi connectivity index (χ4v) is 8.74. The molecule has 7 rings (SSSR count). The van der Waals surface area contributed by atoms with Gasteiger partial charge in [0.15, 0.2) is 29.8 Å². The topological polar surface area (TPSA) is 140 Å². The Morgan fingerprint density at radius 3 is 2.17 bits per heavy atom. The van der Waals surface area contributed by atoms with E-state index in [1.165, 1.54) is 17.1 Å². The molecule has 1 saturated heterocycles. The Balaban J connectivity index is 1.17. The highest BCUT2D eigenvalue weighted by Gasteiger charge is 2.53. The molecule has 1 fully saturated rings. The predicted octanol–water partition coefficient (Wildman–Crippen LogP) is 4.19. The molecule has 4 heterocycles. The number of thiazole rings is 1. The molecular formula is C39H32F2N6O5S2. The number of aliphatic carboxylic acids is 1.